The summed E-state index contributed by atoms with van der Waals surface area (Å²) in [5.74, 6) is 2.90. The quantitative estimate of drug-likeness (QED) is 0.800. The summed E-state index contributed by atoms with van der Waals surface area (Å²) in [7, 11) is 1.98. The number of ether oxygens (including phenoxy) is 2. The zero-order valence-electron chi connectivity index (χ0n) is 15.4. The molecule has 3 heterocycles. The fourth-order valence-electron chi connectivity index (χ4n) is 4.57. The van der Waals surface area contributed by atoms with E-state index in [1.165, 1.54) is 24.0 Å². The van der Waals surface area contributed by atoms with Gasteiger partial charge in [0, 0.05) is 61.9 Å². The van der Waals surface area contributed by atoms with E-state index in [0.29, 0.717) is 17.9 Å². The third-order valence-electron chi connectivity index (χ3n) is 6.07. The summed E-state index contributed by atoms with van der Waals surface area (Å²) >= 11 is 0. The second-order valence-electron chi connectivity index (χ2n) is 8.15. The maximum atomic E-state index is 6.11. The lowest BCUT2D eigenvalue weighted by Gasteiger charge is -2.34. The van der Waals surface area contributed by atoms with Crippen molar-refractivity contribution in [3.8, 4) is 5.75 Å². The Hall–Kier alpha value is -1.85. The van der Waals surface area contributed by atoms with Crippen molar-refractivity contribution in [3.05, 3.63) is 47.8 Å². The zero-order chi connectivity index (χ0) is 17.5. The van der Waals surface area contributed by atoms with E-state index >= 15 is 0 Å². The molecule has 5 heteroatoms. The van der Waals surface area contributed by atoms with Gasteiger partial charge < -0.3 is 9.47 Å². The number of para-hydroxylation sites is 1. The van der Waals surface area contributed by atoms with Crippen LogP contribution in [-0.2, 0) is 18.3 Å². The van der Waals surface area contributed by atoms with Crippen molar-refractivity contribution in [1.29, 1.82) is 0 Å². The Morgan fingerprint density at radius 2 is 2.12 bits per heavy atom. The van der Waals surface area contributed by atoms with Gasteiger partial charge in [0.2, 0.25) is 0 Å². The van der Waals surface area contributed by atoms with Gasteiger partial charge in [0.25, 0.3) is 0 Å². The number of aromatic nitrogens is 2. The number of likely N-dealkylation sites (tertiary alicyclic amines) is 1. The Morgan fingerprint density at radius 1 is 1.23 bits per heavy atom. The highest BCUT2D eigenvalue weighted by Crippen LogP contribution is 2.47. The lowest BCUT2D eigenvalue weighted by molar-refractivity contribution is 0.0641. The maximum Gasteiger partial charge on any atom is 0.124 e. The summed E-state index contributed by atoms with van der Waals surface area (Å²) in [6.07, 6.45) is 6.80. The smallest absolute Gasteiger partial charge is 0.124 e. The number of hydrogen-bond acceptors (Lipinski definition) is 4. The molecule has 26 heavy (non-hydrogen) atoms. The lowest BCUT2D eigenvalue weighted by atomic mass is 9.85. The Labute approximate surface area is 154 Å². The molecule has 5 nitrogen and oxygen atoms in total. The van der Waals surface area contributed by atoms with Crippen LogP contribution in [0.1, 0.15) is 30.0 Å². The van der Waals surface area contributed by atoms with Crippen molar-refractivity contribution >= 4 is 0 Å². The summed E-state index contributed by atoms with van der Waals surface area (Å²) in [6.45, 7) is 4.58. The van der Waals surface area contributed by atoms with Gasteiger partial charge in [-0.05, 0) is 24.8 Å². The second kappa shape index (κ2) is 6.71. The Kier molecular flexibility index (Phi) is 4.21. The number of aryl methyl sites for hydroxylation is 1. The standard InChI is InChI=1S/C21H27N3O2/c1-23-9-16(8-22-23)10-24-11-17(13-25-12-15-6-7-15)19-14-26-20-5-3-2-4-18(20)21(19)24/h2-5,8-9,15,17,19,21H,6-7,10-14H2,1H3/t17-,19-,21-/m0/s1. The van der Waals surface area contributed by atoms with Crippen LogP contribution in [0.15, 0.2) is 36.7 Å². The summed E-state index contributed by atoms with van der Waals surface area (Å²) in [5.41, 5.74) is 2.60. The SMILES string of the molecule is Cn1cc(CN2C[C@@H](COCC3CC3)[C@@H]3COc4ccccc4[C@@H]32)cn1. The molecule has 2 aromatic rings. The summed E-state index contributed by atoms with van der Waals surface area (Å²) in [6, 6.07) is 8.94. The molecule has 138 valence electrons. The van der Waals surface area contributed by atoms with Crippen LogP contribution in [0.5, 0.6) is 5.75 Å². The molecule has 1 aromatic carbocycles. The van der Waals surface area contributed by atoms with E-state index in [1.807, 2.05) is 17.9 Å². The Bertz CT molecular complexity index is 770. The molecule has 0 radical (unpaired) electrons. The third-order valence-corrected chi connectivity index (χ3v) is 6.07. The molecular formula is C21H27N3O2. The van der Waals surface area contributed by atoms with E-state index in [-0.39, 0.29) is 0 Å². The molecule has 1 saturated heterocycles. The van der Waals surface area contributed by atoms with Crippen molar-refractivity contribution in [2.45, 2.75) is 25.4 Å². The topological polar surface area (TPSA) is 39.5 Å². The largest absolute Gasteiger partial charge is 0.493 e. The molecule has 0 spiro atoms. The van der Waals surface area contributed by atoms with Crippen LogP contribution in [0.3, 0.4) is 0 Å². The van der Waals surface area contributed by atoms with E-state index < -0.39 is 0 Å². The third kappa shape index (κ3) is 3.14. The van der Waals surface area contributed by atoms with Crippen molar-refractivity contribution in [1.82, 2.24) is 14.7 Å². The van der Waals surface area contributed by atoms with Crippen LogP contribution < -0.4 is 4.74 Å². The van der Waals surface area contributed by atoms with Crippen LogP contribution in [0.2, 0.25) is 0 Å². The van der Waals surface area contributed by atoms with Crippen LogP contribution in [0.4, 0.5) is 0 Å². The van der Waals surface area contributed by atoms with Gasteiger partial charge in [0.05, 0.1) is 19.4 Å². The van der Waals surface area contributed by atoms with Crippen molar-refractivity contribution in [2.24, 2.45) is 24.8 Å². The molecule has 0 bridgehead atoms. The van der Waals surface area contributed by atoms with Crippen LogP contribution in [0.25, 0.3) is 0 Å². The monoisotopic (exact) mass is 353 g/mol. The van der Waals surface area contributed by atoms with Gasteiger partial charge >= 0.3 is 0 Å². The van der Waals surface area contributed by atoms with E-state index in [2.05, 4.69) is 40.5 Å². The molecule has 1 saturated carbocycles. The van der Waals surface area contributed by atoms with Gasteiger partial charge in [-0.3, -0.25) is 9.58 Å². The van der Waals surface area contributed by atoms with Gasteiger partial charge in [-0.1, -0.05) is 18.2 Å². The lowest BCUT2D eigenvalue weighted by Crippen LogP contribution is -2.32. The molecule has 1 aliphatic carbocycles. The highest BCUT2D eigenvalue weighted by molar-refractivity contribution is 5.39. The first kappa shape index (κ1) is 16.3. The van der Waals surface area contributed by atoms with Crippen LogP contribution >= 0.6 is 0 Å². The summed E-state index contributed by atoms with van der Waals surface area (Å²) in [4.78, 5) is 2.61. The fourth-order valence-corrected chi connectivity index (χ4v) is 4.57. The zero-order valence-corrected chi connectivity index (χ0v) is 15.4. The Balaban J connectivity index is 1.37. The first-order valence-corrected chi connectivity index (χ1v) is 9.79. The number of hydrogen-bond donors (Lipinski definition) is 0. The average molecular weight is 353 g/mol. The minimum atomic E-state index is 0.412. The molecule has 0 amide bonds. The molecule has 0 N–H and O–H groups in total. The van der Waals surface area contributed by atoms with Gasteiger partial charge in [0.15, 0.2) is 0 Å². The molecule has 5 rings (SSSR count). The van der Waals surface area contributed by atoms with E-state index in [1.54, 1.807) is 0 Å². The molecule has 2 aliphatic heterocycles. The highest BCUT2D eigenvalue weighted by Gasteiger charge is 2.46. The van der Waals surface area contributed by atoms with Crippen molar-refractivity contribution < 1.29 is 9.47 Å². The highest BCUT2D eigenvalue weighted by atomic mass is 16.5. The predicted molar refractivity (Wildman–Crippen MR) is 98.8 cm³/mol. The summed E-state index contributed by atoms with van der Waals surface area (Å²) < 4.78 is 14.1. The van der Waals surface area contributed by atoms with Crippen molar-refractivity contribution in [3.63, 3.8) is 0 Å². The van der Waals surface area contributed by atoms with Gasteiger partial charge in [-0.2, -0.15) is 5.10 Å². The Morgan fingerprint density at radius 3 is 2.92 bits per heavy atom. The first-order valence-electron chi connectivity index (χ1n) is 9.79. The van der Waals surface area contributed by atoms with Crippen LogP contribution in [-0.4, -0.2) is 41.0 Å². The van der Waals surface area contributed by atoms with E-state index in [4.69, 9.17) is 9.47 Å². The molecule has 1 aromatic heterocycles. The predicted octanol–water partition coefficient (Wildman–Crippen LogP) is 3.03. The number of benzene rings is 1. The fraction of sp³-hybridized carbons (Fsp3) is 0.571. The molecule has 0 unspecified atom stereocenters. The van der Waals surface area contributed by atoms with Gasteiger partial charge in [-0.15, -0.1) is 0 Å². The first-order chi connectivity index (χ1) is 12.8. The van der Waals surface area contributed by atoms with E-state index in [0.717, 1.165) is 44.6 Å². The maximum absolute atomic E-state index is 6.11. The van der Waals surface area contributed by atoms with Gasteiger partial charge in [0.1, 0.15) is 5.75 Å². The van der Waals surface area contributed by atoms with Crippen molar-refractivity contribution in [2.75, 3.05) is 26.4 Å². The molecule has 3 aliphatic rings. The minimum absolute atomic E-state index is 0.412. The number of nitrogens with zero attached hydrogens (tertiary/aromatic N) is 3. The molecular weight excluding hydrogens is 326 g/mol. The number of rotatable bonds is 6. The second-order valence-corrected chi connectivity index (χ2v) is 8.15. The molecule has 3 atom stereocenters. The average Bonchev–Trinajstić information content (AvgIpc) is 3.29. The van der Waals surface area contributed by atoms with Gasteiger partial charge in [-0.25, -0.2) is 0 Å². The minimum Gasteiger partial charge on any atom is -0.493 e. The summed E-state index contributed by atoms with van der Waals surface area (Å²) in [5, 5.41) is 4.34. The van der Waals surface area contributed by atoms with Crippen LogP contribution in [0, 0.1) is 17.8 Å². The number of fused-ring (bicyclic) bond motifs is 3. The normalized spacial score (nSPS) is 27.8. The van der Waals surface area contributed by atoms with E-state index in [9.17, 15) is 0 Å². The molecule has 2 fully saturated rings.